The van der Waals surface area contributed by atoms with Gasteiger partial charge in [-0.3, -0.25) is 0 Å². The molecule has 1 heterocycles. The minimum absolute atomic E-state index is 0. The van der Waals surface area contributed by atoms with Crippen LogP contribution in [0.15, 0.2) is 22.7 Å². The predicted octanol–water partition coefficient (Wildman–Crippen LogP) is 3.38. The first-order chi connectivity index (χ1) is 7.90. The highest BCUT2D eigenvalue weighted by atomic mass is 79.9. The van der Waals surface area contributed by atoms with Crippen molar-refractivity contribution in [2.45, 2.75) is 19.9 Å². The maximum absolute atomic E-state index is 11.3. The van der Waals surface area contributed by atoms with Crippen molar-refractivity contribution in [2.24, 2.45) is 5.41 Å². The molecular weight excluding hydrogens is 321 g/mol. The molecule has 0 aliphatic carbocycles. The first-order valence-corrected chi connectivity index (χ1v) is 6.11. The van der Waals surface area contributed by atoms with Gasteiger partial charge in [-0.2, -0.15) is 0 Å². The van der Waals surface area contributed by atoms with Crippen LogP contribution in [0.1, 0.15) is 25.5 Å². The molecule has 0 bridgehead atoms. The number of phenols is 1. The number of aromatic hydroxyl groups is 1. The van der Waals surface area contributed by atoms with Crippen LogP contribution in [0.25, 0.3) is 0 Å². The number of cyclic esters (lactones) is 1. The minimum atomic E-state index is -0.404. The number of alkyl carbamates (subject to hydrolysis) is 1. The Morgan fingerprint density at radius 3 is 2.78 bits per heavy atom. The Morgan fingerprint density at radius 2 is 2.17 bits per heavy atom. The van der Waals surface area contributed by atoms with Gasteiger partial charge in [0.05, 0.1) is 10.5 Å². The van der Waals surface area contributed by atoms with Gasteiger partial charge in [0.15, 0.2) is 0 Å². The molecule has 1 amide bonds. The number of amides is 1. The number of ether oxygens (including phenoxy) is 1. The number of halogens is 2. The second-order valence-electron chi connectivity index (χ2n) is 4.85. The van der Waals surface area contributed by atoms with Crippen LogP contribution < -0.4 is 5.32 Å². The Labute approximate surface area is 120 Å². The maximum atomic E-state index is 11.3. The molecule has 1 fully saturated rings. The van der Waals surface area contributed by atoms with Crippen molar-refractivity contribution in [3.05, 3.63) is 28.2 Å². The van der Waals surface area contributed by atoms with Crippen LogP contribution in [0.3, 0.4) is 0 Å². The van der Waals surface area contributed by atoms with Gasteiger partial charge in [0, 0.05) is 5.41 Å². The third kappa shape index (κ3) is 2.90. The molecule has 2 N–H and O–H groups in total. The molecule has 2 rings (SSSR count). The molecule has 1 aliphatic rings. The lowest BCUT2D eigenvalue weighted by molar-refractivity contribution is 0.0387. The molecule has 0 saturated carbocycles. The van der Waals surface area contributed by atoms with Crippen LogP contribution >= 0.6 is 28.3 Å². The van der Waals surface area contributed by atoms with E-state index in [0.29, 0.717) is 11.1 Å². The maximum Gasteiger partial charge on any atom is 0.407 e. The Kier molecular flexibility index (Phi) is 4.50. The first-order valence-electron chi connectivity index (χ1n) is 5.32. The second-order valence-corrected chi connectivity index (χ2v) is 5.71. The normalized spacial score (nSPS) is 21.5. The molecule has 18 heavy (non-hydrogen) atoms. The predicted molar refractivity (Wildman–Crippen MR) is 74.1 cm³/mol. The quantitative estimate of drug-likeness (QED) is 0.826. The van der Waals surface area contributed by atoms with Gasteiger partial charge < -0.3 is 15.2 Å². The summed E-state index contributed by atoms with van der Waals surface area (Å²) >= 11 is 3.27. The van der Waals surface area contributed by atoms with Crippen molar-refractivity contribution in [3.8, 4) is 5.75 Å². The van der Waals surface area contributed by atoms with E-state index in [1.807, 2.05) is 19.9 Å². The molecule has 6 heteroatoms. The molecule has 0 aromatic heterocycles. The first kappa shape index (κ1) is 15.1. The van der Waals surface area contributed by atoms with E-state index < -0.39 is 6.09 Å². The van der Waals surface area contributed by atoms with Crippen molar-refractivity contribution in [2.75, 3.05) is 6.61 Å². The Bertz CT molecular complexity index is 465. The fraction of sp³-hybridized carbons (Fsp3) is 0.417. The fourth-order valence-electron chi connectivity index (χ4n) is 1.93. The number of hydrogen-bond acceptors (Lipinski definition) is 3. The Hall–Kier alpha value is -0.940. The van der Waals surface area contributed by atoms with E-state index in [4.69, 9.17) is 4.74 Å². The minimum Gasteiger partial charge on any atom is -0.507 e. The van der Waals surface area contributed by atoms with Crippen LogP contribution in [-0.4, -0.2) is 17.8 Å². The fourth-order valence-corrected chi connectivity index (χ4v) is 2.32. The summed E-state index contributed by atoms with van der Waals surface area (Å²) in [5, 5.41) is 12.3. The Morgan fingerprint density at radius 1 is 1.50 bits per heavy atom. The third-order valence-electron chi connectivity index (χ3n) is 2.92. The number of benzene rings is 1. The third-order valence-corrected chi connectivity index (χ3v) is 3.56. The zero-order valence-electron chi connectivity index (χ0n) is 10.1. The molecule has 1 aliphatic heterocycles. The van der Waals surface area contributed by atoms with Crippen molar-refractivity contribution >= 4 is 34.4 Å². The largest absolute Gasteiger partial charge is 0.507 e. The lowest BCUT2D eigenvalue weighted by Crippen LogP contribution is -2.46. The van der Waals surface area contributed by atoms with Crippen molar-refractivity contribution in [3.63, 3.8) is 0 Å². The lowest BCUT2D eigenvalue weighted by atomic mass is 9.80. The van der Waals surface area contributed by atoms with E-state index in [2.05, 4.69) is 21.2 Å². The number of nitrogens with one attached hydrogen (secondary N) is 1. The van der Waals surface area contributed by atoms with Gasteiger partial charge in [-0.1, -0.05) is 19.9 Å². The topological polar surface area (TPSA) is 58.6 Å². The molecule has 1 aromatic carbocycles. The van der Waals surface area contributed by atoms with E-state index >= 15 is 0 Å². The van der Waals surface area contributed by atoms with Crippen LogP contribution in [0.5, 0.6) is 5.75 Å². The van der Waals surface area contributed by atoms with Gasteiger partial charge in [0.25, 0.3) is 0 Å². The standard InChI is InChI=1S/C12H14BrNO3.ClH/c1-12(2)6-17-11(16)14-10(12)7-3-4-9(15)8(13)5-7;/h3-5,10,15H,6H2,1-2H3,(H,14,16);1H/t10-;/m0./s1. The molecule has 100 valence electrons. The SMILES string of the molecule is CC1(C)COC(=O)N[C@H]1c1ccc(O)c(Br)c1.Cl. The smallest absolute Gasteiger partial charge is 0.407 e. The van der Waals surface area contributed by atoms with Crippen LogP contribution in [0, 0.1) is 5.41 Å². The molecule has 1 saturated heterocycles. The molecule has 0 unspecified atom stereocenters. The monoisotopic (exact) mass is 335 g/mol. The van der Waals surface area contributed by atoms with Gasteiger partial charge in [0.1, 0.15) is 12.4 Å². The van der Waals surface area contributed by atoms with Crippen molar-refractivity contribution in [1.29, 1.82) is 0 Å². The summed E-state index contributed by atoms with van der Waals surface area (Å²) in [6, 6.07) is 5.10. The Balaban J connectivity index is 0.00000162. The number of carbonyl (C=O) groups is 1. The average molecular weight is 337 g/mol. The van der Waals surface area contributed by atoms with E-state index in [1.165, 1.54) is 0 Å². The van der Waals surface area contributed by atoms with E-state index in [-0.39, 0.29) is 29.6 Å². The van der Waals surface area contributed by atoms with Gasteiger partial charge in [-0.15, -0.1) is 12.4 Å². The van der Waals surface area contributed by atoms with Gasteiger partial charge in [-0.05, 0) is 33.6 Å². The highest BCUT2D eigenvalue weighted by molar-refractivity contribution is 9.10. The number of carbonyl (C=O) groups excluding carboxylic acids is 1. The summed E-state index contributed by atoms with van der Waals surface area (Å²) in [6.07, 6.45) is -0.404. The molecular formula is C12H15BrClNO3. The average Bonchev–Trinajstić information content (AvgIpc) is 2.26. The lowest BCUT2D eigenvalue weighted by Gasteiger charge is -2.38. The number of rotatable bonds is 1. The zero-order valence-corrected chi connectivity index (χ0v) is 12.5. The highest BCUT2D eigenvalue weighted by Gasteiger charge is 2.37. The number of phenolic OH excluding ortho intramolecular Hbond substituents is 1. The van der Waals surface area contributed by atoms with Crippen LogP contribution in [0.2, 0.25) is 0 Å². The molecule has 4 nitrogen and oxygen atoms in total. The molecule has 1 atom stereocenters. The summed E-state index contributed by atoms with van der Waals surface area (Å²) < 4.78 is 5.60. The van der Waals surface area contributed by atoms with Crippen LogP contribution in [0.4, 0.5) is 4.79 Å². The van der Waals surface area contributed by atoms with Crippen molar-refractivity contribution in [1.82, 2.24) is 5.32 Å². The summed E-state index contributed by atoms with van der Waals surface area (Å²) in [5.74, 6) is 0.185. The number of hydrogen-bond donors (Lipinski definition) is 2. The van der Waals surface area contributed by atoms with Gasteiger partial charge >= 0.3 is 6.09 Å². The summed E-state index contributed by atoms with van der Waals surface area (Å²) in [4.78, 5) is 11.3. The second kappa shape index (κ2) is 5.36. The van der Waals surface area contributed by atoms with Crippen molar-refractivity contribution < 1.29 is 14.6 Å². The summed E-state index contributed by atoms with van der Waals surface area (Å²) in [7, 11) is 0. The van der Waals surface area contributed by atoms with Crippen LogP contribution in [-0.2, 0) is 4.74 Å². The van der Waals surface area contributed by atoms with E-state index in [0.717, 1.165) is 5.56 Å². The zero-order chi connectivity index (χ0) is 12.6. The van der Waals surface area contributed by atoms with E-state index in [9.17, 15) is 9.90 Å². The molecule has 0 spiro atoms. The molecule has 1 aromatic rings. The summed E-state index contributed by atoms with van der Waals surface area (Å²) in [5.41, 5.74) is 0.751. The van der Waals surface area contributed by atoms with Gasteiger partial charge in [-0.25, -0.2) is 4.79 Å². The highest BCUT2D eigenvalue weighted by Crippen LogP contribution is 2.38. The van der Waals surface area contributed by atoms with E-state index in [1.54, 1.807) is 12.1 Å². The van der Waals surface area contributed by atoms with Gasteiger partial charge in [0.2, 0.25) is 0 Å². The summed E-state index contributed by atoms with van der Waals surface area (Å²) in [6.45, 7) is 4.43. The molecule has 0 radical (unpaired) electrons.